The number of para-hydroxylation sites is 1. The van der Waals surface area contributed by atoms with Gasteiger partial charge in [0.25, 0.3) is 0 Å². The van der Waals surface area contributed by atoms with Gasteiger partial charge in [-0.1, -0.05) is 94.0 Å². The molecule has 35 heavy (non-hydrogen) atoms. The van der Waals surface area contributed by atoms with Crippen LogP contribution in [0, 0.1) is 0 Å². The second kappa shape index (κ2) is 16.4. The summed E-state index contributed by atoms with van der Waals surface area (Å²) in [7, 11) is 4.16. The Labute approximate surface area is 214 Å². The normalized spacial score (nSPS) is 12.3. The fourth-order valence-electron chi connectivity index (χ4n) is 4.28. The number of hydrogen-bond donors (Lipinski definition) is 0. The summed E-state index contributed by atoms with van der Waals surface area (Å²) in [6.07, 6.45) is 12.0. The minimum absolute atomic E-state index is 0.133. The summed E-state index contributed by atoms with van der Waals surface area (Å²) in [6, 6.07) is 18.5. The van der Waals surface area contributed by atoms with Gasteiger partial charge in [-0.15, -0.1) is 0 Å². The second-order valence-corrected chi connectivity index (χ2v) is 10.3. The number of esters is 1. The van der Waals surface area contributed by atoms with E-state index >= 15 is 0 Å². The first kappa shape index (κ1) is 28.9. The van der Waals surface area contributed by atoms with Crippen molar-refractivity contribution < 1.29 is 18.8 Å². The lowest BCUT2D eigenvalue weighted by Crippen LogP contribution is -2.51. The van der Waals surface area contributed by atoms with E-state index < -0.39 is 0 Å². The number of carbonyl (C=O) groups excluding carboxylic acids is 1. The van der Waals surface area contributed by atoms with Gasteiger partial charge in [0, 0.05) is 5.56 Å². The average Bonchev–Trinajstić information content (AvgIpc) is 2.86. The van der Waals surface area contributed by atoms with Crippen molar-refractivity contribution in [3.05, 3.63) is 65.7 Å². The van der Waals surface area contributed by atoms with Crippen molar-refractivity contribution in [2.24, 2.45) is 0 Å². The summed E-state index contributed by atoms with van der Waals surface area (Å²) >= 11 is 0. The van der Waals surface area contributed by atoms with E-state index in [0.29, 0.717) is 17.7 Å². The van der Waals surface area contributed by atoms with Crippen molar-refractivity contribution in [1.82, 2.24) is 0 Å². The molecule has 4 heteroatoms. The second-order valence-electron chi connectivity index (χ2n) is 10.3. The standard InChI is InChI=1S/C31H48NO3/c1-5-6-7-8-9-10-14-21-29-22-15-16-23-30(29)34-24-17-18-25-35-31(33)27(2)32(3,4)26-28-19-12-11-13-20-28/h11-13,15-16,19-20,22-23,27H,5-10,14,17-18,21,24-26H2,1-4H3/q+1. The summed E-state index contributed by atoms with van der Waals surface area (Å²) in [5, 5.41) is 0. The monoisotopic (exact) mass is 482 g/mol. The van der Waals surface area contributed by atoms with Crippen LogP contribution in [0.2, 0.25) is 0 Å². The molecule has 0 aromatic heterocycles. The zero-order chi connectivity index (χ0) is 25.4. The Morgan fingerprint density at radius 3 is 2.17 bits per heavy atom. The Morgan fingerprint density at radius 2 is 1.43 bits per heavy atom. The van der Waals surface area contributed by atoms with E-state index in [1.807, 2.05) is 31.2 Å². The summed E-state index contributed by atoms with van der Waals surface area (Å²) in [5.74, 6) is 0.871. The largest absolute Gasteiger partial charge is 0.493 e. The molecule has 194 valence electrons. The number of aryl methyl sites for hydroxylation is 1. The van der Waals surface area contributed by atoms with Gasteiger partial charge >= 0.3 is 5.97 Å². The fourth-order valence-corrected chi connectivity index (χ4v) is 4.28. The molecule has 1 unspecified atom stereocenters. The van der Waals surface area contributed by atoms with E-state index in [-0.39, 0.29) is 12.0 Å². The van der Waals surface area contributed by atoms with Crippen molar-refractivity contribution in [1.29, 1.82) is 0 Å². The first-order valence-corrected chi connectivity index (χ1v) is 13.7. The number of quaternary nitrogens is 1. The van der Waals surface area contributed by atoms with Crippen LogP contribution in [0.3, 0.4) is 0 Å². The van der Waals surface area contributed by atoms with Gasteiger partial charge in [0.15, 0.2) is 6.04 Å². The van der Waals surface area contributed by atoms with Crippen molar-refractivity contribution in [2.45, 2.75) is 90.6 Å². The van der Waals surface area contributed by atoms with Gasteiger partial charge in [-0.2, -0.15) is 0 Å². The van der Waals surface area contributed by atoms with Crippen LogP contribution in [0.4, 0.5) is 0 Å². The smallest absolute Gasteiger partial charge is 0.364 e. The molecule has 0 radical (unpaired) electrons. The Balaban J connectivity index is 1.63. The van der Waals surface area contributed by atoms with Crippen LogP contribution in [0.1, 0.15) is 82.8 Å². The van der Waals surface area contributed by atoms with Crippen LogP contribution in [0.25, 0.3) is 0 Å². The lowest BCUT2D eigenvalue weighted by molar-refractivity contribution is -0.917. The third-order valence-electron chi connectivity index (χ3n) is 6.89. The van der Waals surface area contributed by atoms with Crippen LogP contribution in [-0.2, 0) is 22.5 Å². The Kier molecular flexibility index (Phi) is 13.5. The van der Waals surface area contributed by atoms with E-state index in [1.165, 1.54) is 56.1 Å². The number of rotatable bonds is 18. The molecule has 4 nitrogen and oxygen atoms in total. The highest BCUT2D eigenvalue weighted by Gasteiger charge is 2.32. The number of carbonyl (C=O) groups is 1. The average molecular weight is 483 g/mol. The zero-order valence-corrected chi connectivity index (χ0v) is 22.6. The predicted molar refractivity (Wildman–Crippen MR) is 146 cm³/mol. The molecule has 0 bridgehead atoms. The molecular formula is C31H48NO3+. The maximum atomic E-state index is 12.6. The molecule has 0 heterocycles. The first-order valence-electron chi connectivity index (χ1n) is 13.7. The number of likely N-dealkylation sites (N-methyl/N-ethyl adjacent to an activating group) is 1. The topological polar surface area (TPSA) is 35.5 Å². The lowest BCUT2D eigenvalue weighted by Gasteiger charge is -2.34. The molecule has 1 atom stereocenters. The number of nitrogens with zero attached hydrogens (tertiary/aromatic N) is 1. The maximum absolute atomic E-state index is 12.6. The molecule has 0 aliphatic heterocycles. The highest BCUT2D eigenvalue weighted by molar-refractivity contribution is 5.74. The van der Waals surface area contributed by atoms with Crippen LogP contribution in [-0.4, -0.2) is 43.8 Å². The molecule has 2 aromatic carbocycles. The molecule has 0 saturated heterocycles. The molecule has 0 spiro atoms. The van der Waals surface area contributed by atoms with Crippen molar-refractivity contribution in [2.75, 3.05) is 27.3 Å². The number of ether oxygens (including phenoxy) is 2. The lowest BCUT2D eigenvalue weighted by atomic mass is 10.0. The van der Waals surface area contributed by atoms with Gasteiger partial charge in [0.05, 0.1) is 27.3 Å². The summed E-state index contributed by atoms with van der Waals surface area (Å²) in [4.78, 5) is 12.6. The number of unbranched alkanes of at least 4 members (excludes halogenated alkanes) is 7. The molecule has 2 aromatic rings. The van der Waals surface area contributed by atoms with E-state index in [1.54, 1.807) is 0 Å². The molecular weight excluding hydrogens is 434 g/mol. The molecule has 0 saturated carbocycles. The number of hydrogen-bond acceptors (Lipinski definition) is 3. The van der Waals surface area contributed by atoms with Crippen molar-refractivity contribution in [3.8, 4) is 5.75 Å². The van der Waals surface area contributed by atoms with Gasteiger partial charge in [-0.3, -0.25) is 0 Å². The van der Waals surface area contributed by atoms with Crippen LogP contribution >= 0.6 is 0 Å². The fraction of sp³-hybridized carbons (Fsp3) is 0.581. The predicted octanol–water partition coefficient (Wildman–Crippen LogP) is 7.35. The van der Waals surface area contributed by atoms with Crippen LogP contribution in [0.15, 0.2) is 54.6 Å². The molecule has 0 aliphatic carbocycles. The van der Waals surface area contributed by atoms with Gasteiger partial charge in [-0.05, 0) is 44.2 Å². The zero-order valence-electron chi connectivity index (χ0n) is 22.6. The SMILES string of the molecule is CCCCCCCCCc1ccccc1OCCCCOC(=O)C(C)[N+](C)(C)Cc1ccccc1. The number of benzene rings is 2. The quantitative estimate of drug-likeness (QED) is 0.127. The Hall–Kier alpha value is -2.33. The maximum Gasteiger partial charge on any atom is 0.364 e. The third kappa shape index (κ3) is 11.3. The molecule has 0 aliphatic rings. The highest BCUT2D eigenvalue weighted by Crippen LogP contribution is 2.21. The Morgan fingerprint density at radius 1 is 0.800 bits per heavy atom. The van der Waals surface area contributed by atoms with E-state index in [2.05, 4.69) is 51.4 Å². The summed E-state index contributed by atoms with van der Waals surface area (Å²) < 4.78 is 12.2. The minimum atomic E-state index is -0.218. The van der Waals surface area contributed by atoms with E-state index in [0.717, 1.165) is 31.6 Å². The highest BCUT2D eigenvalue weighted by atomic mass is 16.5. The molecule has 0 fully saturated rings. The van der Waals surface area contributed by atoms with Gasteiger partial charge < -0.3 is 14.0 Å². The Bertz CT molecular complexity index is 834. The van der Waals surface area contributed by atoms with E-state index in [4.69, 9.17) is 9.47 Å². The summed E-state index contributed by atoms with van der Waals surface area (Å²) in [6.45, 7) is 6.10. The first-order chi connectivity index (χ1) is 16.9. The van der Waals surface area contributed by atoms with E-state index in [9.17, 15) is 4.79 Å². The molecule has 0 amide bonds. The minimum Gasteiger partial charge on any atom is -0.493 e. The van der Waals surface area contributed by atoms with Crippen LogP contribution in [0.5, 0.6) is 5.75 Å². The third-order valence-corrected chi connectivity index (χ3v) is 6.89. The van der Waals surface area contributed by atoms with Crippen molar-refractivity contribution in [3.63, 3.8) is 0 Å². The summed E-state index contributed by atoms with van der Waals surface area (Å²) in [5.41, 5.74) is 2.53. The molecule has 2 rings (SSSR count). The van der Waals surface area contributed by atoms with Crippen molar-refractivity contribution >= 4 is 5.97 Å². The van der Waals surface area contributed by atoms with Crippen LogP contribution < -0.4 is 4.74 Å². The van der Waals surface area contributed by atoms with Gasteiger partial charge in [0.2, 0.25) is 0 Å². The van der Waals surface area contributed by atoms with Gasteiger partial charge in [0.1, 0.15) is 12.3 Å². The molecule has 0 N–H and O–H groups in total. The van der Waals surface area contributed by atoms with Gasteiger partial charge in [-0.25, -0.2) is 4.79 Å².